The molecule has 0 N–H and O–H groups in total. The molecule has 0 aromatic heterocycles. The molecule has 0 aliphatic rings. The Morgan fingerprint density at radius 1 is 0.938 bits per heavy atom. The fourth-order valence-electron chi connectivity index (χ4n) is 1.43. The highest BCUT2D eigenvalue weighted by atomic mass is 79.9. The molecule has 0 aliphatic heterocycles. The second-order valence-electron chi connectivity index (χ2n) is 3.29. The summed E-state index contributed by atoms with van der Waals surface area (Å²) in [6.45, 7) is 0. The molecule has 0 spiro atoms. The first kappa shape index (κ1) is 11.6. The van der Waals surface area contributed by atoms with Crippen molar-refractivity contribution in [2.24, 2.45) is 0 Å². The van der Waals surface area contributed by atoms with Crippen molar-refractivity contribution >= 4 is 28.6 Å². The summed E-state index contributed by atoms with van der Waals surface area (Å²) in [6.07, 6.45) is 0. The lowest BCUT2D eigenvalue weighted by Crippen LogP contribution is -1.87. The zero-order valence-corrected chi connectivity index (χ0v) is 10.5. The molecule has 0 bridgehead atoms. The molecular formula is C12H7BrF2S. The smallest absolute Gasteiger partial charge is 0.133 e. The van der Waals surface area contributed by atoms with E-state index in [4.69, 9.17) is 0 Å². The van der Waals surface area contributed by atoms with Gasteiger partial charge in [0.2, 0.25) is 0 Å². The molecule has 0 aliphatic carbocycles. The Balaban J connectivity index is 2.62. The Morgan fingerprint density at radius 3 is 2.38 bits per heavy atom. The molecular weight excluding hydrogens is 294 g/mol. The fraction of sp³-hybridized carbons (Fsp3) is 0. The van der Waals surface area contributed by atoms with Gasteiger partial charge in [0, 0.05) is 21.0 Å². The summed E-state index contributed by atoms with van der Waals surface area (Å²) >= 11 is 7.55. The first-order chi connectivity index (χ1) is 7.58. The number of hydrogen-bond acceptors (Lipinski definition) is 1. The van der Waals surface area contributed by atoms with E-state index in [1.54, 1.807) is 12.1 Å². The third-order valence-corrected chi connectivity index (χ3v) is 3.06. The molecule has 0 amide bonds. The number of rotatable bonds is 1. The van der Waals surface area contributed by atoms with Crippen LogP contribution in [-0.4, -0.2) is 0 Å². The van der Waals surface area contributed by atoms with E-state index in [-0.39, 0.29) is 0 Å². The molecule has 2 aromatic rings. The van der Waals surface area contributed by atoms with E-state index in [1.807, 2.05) is 6.07 Å². The number of thiol groups is 1. The Labute approximate surface area is 106 Å². The van der Waals surface area contributed by atoms with Crippen LogP contribution in [0.25, 0.3) is 11.1 Å². The fourth-order valence-corrected chi connectivity index (χ4v) is 2.05. The van der Waals surface area contributed by atoms with Gasteiger partial charge >= 0.3 is 0 Å². The highest BCUT2D eigenvalue weighted by molar-refractivity contribution is 9.10. The van der Waals surface area contributed by atoms with Gasteiger partial charge in [-0.3, -0.25) is 0 Å². The van der Waals surface area contributed by atoms with E-state index in [1.165, 1.54) is 12.1 Å². The molecule has 2 rings (SSSR count). The number of benzene rings is 2. The summed E-state index contributed by atoms with van der Waals surface area (Å²) in [5, 5.41) is 0. The quantitative estimate of drug-likeness (QED) is 0.726. The van der Waals surface area contributed by atoms with Crippen LogP contribution in [0.4, 0.5) is 8.78 Å². The van der Waals surface area contributed by atoms with Gasteiger partial charge in [0.1, 0.15) is 11.6 Å². The zero-order valence-electron chi connectivity index (χ0n) is 8.05. The maximum absolute atomic E-state index is 13.6. The van der Waals surface area contributed by atoms with Crippen molar-refractivity contribution in [1.82, 2.24) is 0 Å². The molecule has 0 saturated carbocycles. The minimum Gasteiger partial charge on any atom is -0.207 e. The molecule has 82 valence electrons. The molecule has 0 saturated heterocycles. The minimum absolute atomic E-state index is 0.340. The maximum atomic E-state index is 13.6. The summed E-state index contributed by atoms with van der Waals surface area (Å²) in [5.74, 6) is -1.18. The molecule has 0 atom stereocenters. The van der Waals surface area contributed by atoms with Gasteiger partial charge in [-0.2, -0.15) is 0 Å². The predicted octanol–water partition coefficient (Wildman–Crippen LogP) is 4.68. The molecule has 0 nitrogen and oxygen atoms in total. The number of halogens is 3. The van der Waals surface area contributed by atoms with E-state index < -0.39 is 11.6 Å². The van der Waals surface area contributed by atoms with Gasteiger partial charge in [0.25, 0.3) is 0 Å². The van der Waals surface area contributed by atoms with Crippen molar-refractivity contribution < 1.29 is 8.78 Å². The van der Waals surface area contributed by atoms with Crippen molar-refractivity contribution in [3.63, 3.8) is 0 Å². The van der Waals surface area contributed by atoms with Crippen LogP contribution in [0.3, 0.4) is 0 Å². The Morgan fingerprint density at radius 2 is 1.69 bits per heavy atom. The van der Waals surface area contributed by atoms with Crippen molar-refractivity contribution in [3.8, 4) is 11.1 Å². The number of hydrogen-bond donors (Lipinski definition) is 1. The van der Waals surface area contributed by atoms with Crippen molar-refractivity contribution in [2.75, 3.05) is 0 Å². The van der Waals surface area contributed by atoms with E-state index in [0.29, 0.717) is 16.0 Å². The Hall–Kier alpha value is -0.870. The summed E-state index contributed by atoms with van der Waals surface area (Å²) < 4.78 is 27.2. The van der Waals surface area contributed by atoms with Crippen LogP contribution < -0.4 is 0 Å². The van der Waals surface area contributed by atoms with Crippen LogP contribution in [0.15, 0.2) is 45.8 Å². The lowest BCUT2D eigenvalue weighted by molar-refractivity contribution is 0.585. The SMILES string of the molecule is Fc1ccc(-c2cc(Br)ccc2S)c(F)c1. The lowest BCUT2D eigenvalue weighted by atomic mass is 10.1. The van der Waals surface area contributed by atoms with E-state index in [9.17, 15) is 8.78 Å². The molecule has 0 heterocycles. The van der Waals surface area contributed by atoms with Gasteiger partial charge in [0.15, 0.2) is 0 Å². The maximum Gasteiger partial charge on any atom is 0.133 e. The topological polar surface area (TPSA) is 0 Å². The second kappa shape index (κ2) is 4.55. The highest BCUT2D eigenvalue weighted by Crippen LogP contribution is 2.31. The van der Waals surface area contributed by atoms with Gasteiger partial charge in [0.05, 0.1) is 0 Å². The van der Waals surface area contributed by atoms with Crippen molar-refractivity contribution in [1.29, 1.82) is 0 Å². The lowest BCUT2D eigenvalue weighted by Gasteiger charge is -2.07. The van der Waals surface area contributed by atoms with Gasteiger partial charge in [-0.1, -0.05) is 15.9 Å². The third kappa shape index (κ3) is 2.28. The van der Waals surface area contributed by atoms with Gasteiger partial charge in [-0.05, 0) is 35.9 Å². The molecule has 0 fully saturated rings. The van der Waals surface area contributed by atoms with Crippen molar-refractivity contribution in [2.45, 2.75) is 4.90 Å². The molecule has 0 unspecified atom stereocenters. The standard InChI is InChI=1S/C12H7BrF2S/c13-7-1-4-12(16)10(5-7)9-3-2-8(14)6-11(9)15/h1-6,16H. The largest absolute Gasteiger partial charge is 0.207 e. The Kier molecular flexibility index (Phi) is 3.30. The van der Waals surface area contributed by atoms with Crippen LogP contribution in [0.5, 0.6) is 0 Å². The van der Waals surface area contributed by atoms with Gasteiger partial charge in [-0.25, -0.2) is 8.78 Å². The average molecular weight is 301 g/mol. The summed E-state index contributed by atoms with van der Waals surface area (Å²) in [7, 11) is 0. The van der Waals surface area contributed by atoms with Crippen LogP contribution in [0.2, 0.25) is 0 Å². The highest BCUT2D eigenvalue weighted by Gasteiger charge is 2.09. The van der Waals surface area contributed by atoms with E-state index in [0.717, 1.165) is 10.5 Å². The van der Waals surface area contributed by atoms with Crippen LogP contribution in [0.1, 0.15) is 0 Å². The third-order valence-electron chi connectivity index (χ3n) is 2.18. The summed E-state index contributed by atoms with van der Waals surface area (Å²) in [6, 6.07) is 8.82. The zero-order chi connectivity index (χ0) is 11.7. The normalized spacial score (nSPS) is 10.5. The Bertz CT molecular complexity index is 541. The van der Waals surface area contributed by atoms with Gasteiger partial charge in [-0.15, -0.1) is 12.6 Å². The average Bonchev–Trinajstić information content (AvgIpc) is 2.22. The van der Waals surface area contributed by atoms with Crippen LogP contribution in [0, 0.1) is 11.6 Å². The monoisotopic (exact) mass is 300 g/mol. The second-order valence-corrected chi connectivity index (χ2v) is 4.68. The van der Waals surface area contributed by atoms with E-state index >= 15 is 0 Å². The summed E-state index contributed by atoms with van der Waals surface area (Å²) in [4.78, 5) is 0.647. The molecule has 2 aromatic carbocycles. The molecule has 0 radical (unpaired) electrons. The minimum atomic E-state index is -0.589. The predicted molar refractivity (Wildman–Crippen MR) is 66.7 cm³/mol. The first-order valence-electron chi connectivity index (χ1n) is 4.52. The van der Waals surface area contributed by atoms with Gasteiger partial charge < -0.3 is 0 Å². The molecule has 4 heteroatoms. The summed E-state index contributed by atoms with van der Waals surface area (Å²) in [5.41, 5.74) is 0.975. The first-order valence-corrected chi connectivity index (χ1v) is 5.76. The molecule has 16 heavy (non-hydrogen) atoms. The van der Waals surface area contributed by atoms with Crippen LogP contribution in [-0.2, 0) is 0 Å². The van der Waals surface area contributed by atoms with Crippen LogP contribution >= 0.6 is 28.6 Å². The van der Waals surface area contributed by atoms with E-state index in [2.05, 4.69) is 28.6 Å². The van der Waals surface area contributed by atoms with Crippen molar-refractivity contribution in [3.05, 3.63) is 52.5 Å².